The van der Waals surface area contributed by atoms with Crippen LogP contribution in [-0.2, 0) is 6.42 Å². The number of benzene rings is 2. The molecule has 1 aliphatic heterocycles. The molecule has 1 unspecified atom stereocenters. The number of hydrogen-bond donors (Lipinski definition) is 4. The third-order valence-electron chi connectivity index (χ3n) is 5.59. The lowest BCUT2D eigenvalue weighted by molar-refractivity contribution is 0.0310. The van der Waals surface area contributed by atoms with Gasteiger partial charge in [0.05, 0.1) is 25.5 Å². The molecule has 172 valence electrons. The molecule has 1 fully saturated rings. The fourth-order valence-electron chi connectivity index (χ4n) is 3.95. The number of nitrogens with zero attached hydrogens (tertiary/aromatic N) is 1. The Kier molecular flexibility index (Phi) is 6.93. The zero-order valence-corrected chi connectivity index (χ0v) is 19.3. The van der Waals surface area contributed by atoms with Crippen molar-refractivity contribution in [3.63, 3.8) is 0 Å². The van der Waals surface area contributed by atoms with Gasteiger partial charge in [-0.3, -0.25) is 5.41 Å². The van der Waals surface area contributed by atoms with Crippen molar-refractivity contribution < 1.29 is 19.4 Å². The van der Waals surface area contributed by atoms with E-state index in [1.54, 1.807) is 21.3 Å². The first-order valence-electron chi connectivity index (χ1n) is 10.6. The van der Waals surface area contributed by atoms with Crippen molar-refractivity contribution in [3.8, 4) is 11.5 Å². The summed E-state index contributed by atoms with van der Waals surface area (Å²) in [5.41, 5.74) is 3.09. The Morgan fingerprint density at radius 3 is 2.31 bits per heavy atom. The van der Waals surface area contributed by atoms with E-state index in [-0.39, 0.29) is 12.1 Å². The van der Waals surface area contributed by atoms with Gasteiger partial charge >= 0.3 is 6.03 Å². The summed E-state index contributed by atoms with van der Waals surface area (Å²) in [6, 6.07) is 11.0. The standard InChI is InChI=1S/C24H32N4O4/c1-15(27-23(29)26-3)10-17-11-20(31-4)21(32-5)12-19(17)22(25)16-6-8-18(9-7-16)28-13-24(2,30)14-28/h6-9,11-12,15,25,30H,10,13-14H2,1-5H3,(H2,26,27,29). The van der Waals surface area contributed by atoms with Crippen molar-refractivity contribution in [1.29, 1.82) is 5.41 Å². The van der Waals surface area contributed by atoms with E-state index in [4.69, 9.17) is 14.9 Å². The Labute approximate surface area is 189 Å². The molecular weight excluding hydrogens is 408 g/mol. The van der Waals surface area contributed by atoms with Gasteiger partial charge < -0.3 is 30.1 Å². The Balaban J connectivity index is 1.88. The van der Waals surface area contributed by atoms with E-state index in [2.05, 4.69) is 15.5 Å². The largest absolute Gasteiger partial charge is 0.493 e. The Bertz CT molecular complexity index is 980. The van der Waals surface area contributed by atoms with Gasteiger partial charge in [-0.15, -0.1) is 0 Å². The van der Waals surface area contributed by atoms with E-state index in [9.17, 15) is 9.90 Å². The fraction of sp³-hybridized carbons (Fsp3) is 0.417. The topological polar surface area (TPSA) is 107 Å². The number of carbonyl (C=O) groups is 1. The molecular formula is C24H32N4O4. The van der Waals surface area contributed by atoms with Crippen molar-refractivity contribution in [3.05, 3.63) is 53.1 Å². The maximum atomic E-state index is 11.7. The average molecular weight is 441 g/mol. The van der Waals surface area contributed by atoms with Gasteiger partial charge in [-0.2, -0.15) is 0 Å². The summed E-state index contributed by atoms with van der Waals surface area (Å²) in [5.74, 6) is 1.12. The summed E-state index contributed by atoms with van der Waals surface area (Å²) in [6.45, 7) is 4.93. The number of carbonyl (C=O) groups excluding carboxylic acids is 1. The Morgan fingerprint density at radius 1 is 1.19 bits per heavy atom. The molecule has 0 aliphatic carbocycles. The van der Waals surface area contributed by atoms with Crippen molar-refractivity contribution in [2.75, 3.05) is 39.3 Å². The summed E-state index contributed by atoms with van der Waals surface area (Å²) in [6.07, 6.45) is 0.520. The third-order valence-corrected chi connectivity index (χ3v) is 5.59. The Morgan fingerprint density at radius 2 is 1.78 bits per heavy atom. The maximum Gasteiger partial charge on any atom is 0.314 e. The number of amides is 2. The number of methoxy groups -OCH3 is 2. The van der Waals surface area contributed by atoms with Crippen LogP contribution >= 0.6 is 0 Å². The van der Waals surface area contributed by atoms with Gasteiger partial charge in [0, 0.05) is 43.0 Å². The highest BCUT2D eigenvalue weighted by molar-refractivity contribution is 6.12. The van der Waals surface area contributed by atoms with Crippen molar-refractivity contribution in [2.45, 2.75) is 31.9 Å². The molecule has 1 atom stereocenters. The molecule has 0 saturated carbocycles. The van der Waals surface area contributed by atoms with Crippen LogP contribution in [0.3, 0.4) is 0 Å². The van der Waals surface area contributed by atoms with Crippen molar-refractivity contribution in [2.24, 2.45) is 0 Å². The number of β-amino-alcohol motifs (C(OH)–C–C–N with tert-alkyl or cyclic N) is 1. The second kappa shape index (κ2) is 9.48. The minimum Gasteiger partial charge on any atom is -0.493 e. The second-order valence-corrected chi connectivity index (χ2v) is 8.47. The van der Waals surface area contributed by atoms with Crippen LogP contribution in [0.5, 0.6) is 11.5 Å². The minimum absolute atomic E-state index is 0.152. The molecule has 1 aliphatic rings. The maximum absolute atomic E-state index is 11.7. The highest BCUT2D eigenvalue weighted by Gasteiger charge is 2.36. The third kappa shape index (κ3) is 5.13. The molecule has 2 aromatic carbocycles. The molecule has 2 amide bonds. The van der Waals surface area contributed by atoms with Gasteiger partial charge in [0.1, 0.15) is 0 Å². The van der Waals surface area contributed by atoms with Gasteiger partial charge in [-0.1, -0.05) is 12.1 Å². The van der Waals surface area contributed by atoms with Crippen molar-refractivity contribution in [1.82, 2.24) is 10.6 Å². The highest BCUT2D eigenvalue weighted by atomic mass is 16.5. The molecule has 0 bridgehead atoms. The van der Waals surface area contributed by atoms with Crippen LogP contribution in [0.15, 0.2) is 36.4 Å². The first kappa shape index (κ1) is 23.4. The van der Waals surface area contributed by atoms with E-state index in [0.717, 1.165) is 16.8 Å². The lowest BCUT2D eigenvalue weighted by Crippen LogP contribution is -2.60. The van der Waals surface area contributed by atoms with Crippen LogP contribution in [-0.4, -0.2) is 62.8 Å². The normalized spacial score (nSPS) is 15.4. The molecule has 3 rings (SSSR count). The summed E-state index contributed by atoms with van der Waals surface area (Å²) in [5, 5.41) is 24.3. The molecule has 4 N–H and O–H groups in total. The number of rotatable bonds is 8. The van der Waals surface area contributed by atoms with Crippen LogP contribution in [0.1, 0.15) is 30.5 Å². The number of anilines is 1. The molecule has 1 saturated heterocycles. The van der Waals surface area contributed by atoms with E-state index >= 15 is 0 Å². The van der Waals surface area contributed by atoms with Crippen LogP contribution in [0.2, 0.25) is 0 Å². The monoisotopic (exact) mass is 440 g/mol. The highest BCUT2D eigenvalue weighted by Crippen LogP contribution is 2.33. The van der Waals surface area contributed by atoms with Crippen LogP contribution in [0.4, 0.5) is 10.5 Å². The SMILES string of the molecule is CNC(=O)NC(C)Cc1cc(OC)c(OC)cc1C(=N)c1ccc(N2CC(C)(O)C2)cc1. The molecule has 8 nitrogen and oxygen atoms in total. The number of nitrogens with one attached hydrogen (secondary N) is 3. The number of ether oxygens (including phenoxy) is 2. The molecule has 2 aromatic rings. The minimum atomic E-state index is -0.640. The van der Waals surface area contributed by atoms with Crippen LogP contribution in [0, 0.1) is 5.41 Å². The summed E-state index contributed by atoms with van der Waals surface area (Å²) in [7, 11) is 4.71. The molecule has 8 heteroatoms. The van der Waals surface area contributed by atoms with Crippen LogP contribution in [0.25, 0.3) is 0 Å². The van der Waals surface area contributed by atoms with E-state index in [0.29, 0.717) is 42.3 Å². The molecule has 0 aromatic heterocycles. The van der Waals surface area contributed by atoms with Crippen LogP contribution < -0.4 is 25.0 Å². The zero-order chi connectivity index (χ0) is 23.5. The molecule has 0 spiro atoms. The Hall–Kier alpha value is -3.26. The molecule has 0 radical (unpaired) electrons. The first-order valence-corrected chi connectivity index (χ1v) is 10.6. The fourth-order valence-corrected chi connectivity index (χ4v) is 3.95. The van der Waals surface area contributed by atoms with E-state index in [1.807, 2.05) is 50.2 Å². The predicted molar refractivity (Wildman–Crippen MR) is 126 cm³/mol. The van der Waals surface area contributed by atoms with E-state index < -0.39 is 5.60 Å². The lowest BCUT2D eigenvalue weighted by Gasteiger charge is -2.45. The van der Waals surface area contributed by atoms with Gasteiger partial charge in [-0.05, 0) is 50.1 Å². The molecule has 32 heavy (non-hydrogen) atoms. The lowest BCUT2D eigenvalue weighted by atomic mass is 9.92. The summed E-state index contributed by atoms with van der Waals surface area (Å²) >= 11 is 0. The van der Waals surface area contributed by atoms with Gasteiger partial charge in [0.2, 0.25) is 0 Å². The number of urea groups is 1. The first-order chi connectivity index (χ1) is 15.2. The summed E-state index contributed by atoms with van der Waals surface area (Å²) < 4.78 is 10.9. The van der Waals surface area contributed by atoms with Gasteiger partial charge in [0.15, 0.2) is 11.5 Å². The van der Waals surface area contributed by atoms with Gasteiger partial charge in [0.25, 0.3) is 0 Å². The zero-order valence-electron chi connectivity index (χ0n) is 19.3. The number of aliphatic hydroxyl groups is 1. The molecule has 1 heterocycles. The van der Waals surface area contributed by atoms with E-state index in [1.165, 1.54) is 0 Å². The van der Waals surface area contributed by atoms with Crippen molar-refractivity contribution >= 4 is 17.4 Å². The average Bonchev–Trinajstić information content (AvgIpc) is 2.76. The quantitative estimate of drug-likeness (QED) is 0.472. The van der Waals surface area contributed by atoms with Gasteiger partial charge in [-0.25, -0.2) is 4.79 Å². The second-order valence-electron chi connectivity index (χ2n) is 8.47. The summed E-state index contributed by atoms with van der Waals surface area (Å²) in [4.78, 5) is 13.8. The smallest absolute Gasteiger partial charge is 0.314 e. The predicted octanol–water partition coefficient (Wildman–Crippen LogP) is 2.55. The number of hydrogen-bond acceptors (Lipinski definition) is 6.